The monoisotopic (exact) mass is 300 g/mol. The van der Waals surface area contributed by atoms with Crippen LogP contribution in [0.2, 0.25) is 5.02 Å². The van der Waals surface area contributed by atoms with Crippen LogP contribution in [0, 0.1) is 11.7 Å². The van der Waals surface area contributed by atoms with E-state index in [1.54, 1.807) is 11.8 Å². The highest BCUT2D eigenvalue weighted by Gasteiger charge is 2.29. The van der Waals surface area contributed by atoms with E-state index in [1.165, 1.54) is 12.1 Å². The molecule has 0 aromatic heterocycles. The molecular formula is C14H18ClFN2O2. The number of likely N-dealkylation sites (tertiary alicyclic amines) is 1. The number of ether oxygens (including phenoxy) is 1. The Hall–Kier alpha value is -1.33. The smallest absolute Gasteiger partial charge is 0.263 e. The van der Waals surface area contributed by atoms with Crippen molar-refractivity contribution in [2.75, 3.05) is 19.6 Å². The molecule has 0 radical (unpaired) electrons. The SMILES string of the molecule is CC(Oc1ccc(F)cc1Cl)C(=O)N1CCC(CN)C1. The Morgan fingerprint density at radius 2 is 2.40 bits per heavy atom. The van der Waals surface area contributed by atoms with Crippen LogP contribution in [0.4, 0.5) is 4.39 Å². The first-order valence-corrected chi connectivity index (χ1v) is 6.99. The van der Waals surface area contributed by atoms with E-state index in [1.807, 2.05) is 0 Å². The van der Waals surface area contributed by atoms with Crippen LogP contribution in [0.15, 0.2) is 18.2 Å². The summed E-state index contributed by atoms with van der Waals surface area (Å²) >= 11 is 5.88. The third-order valence-corrected chi connectivity index (χ3v) is 3.77. The number of hydrogen-bond acceptors (Lipinski definition) is 3. The van der Waals surface area contributed by atoms with E-state index in [2.05, 4.69) is 0 Å². The van der Waals surface area contributed by atoms with Gasteiger partial charge in [-0.3, -0.25) is 4.79 Å². The molecule has 1 heterocycles. The fourth-order valence-electron chi connectivity index (χ4n) is 2.29. The minimum Gasteiger partial charge on any atom is -0.479 e. The van der Waals surface area contributed by atoms with E-state index in [0.717, 1.165) is 12.5 Å². The highest BCUT2D eigenvalue weighted by atomic mass is 35.5. The molecule has 1 aliphatic rings. The van der Waals surface area contributed by atoms with Crippen LogP contribution in [-0.2, 0) is 4.79 Å². The molecule has 0 aliphatic carbocycles. The molecule has 1 saturated heterocycles. The quantitative estimate of drug-likeness (QED) is 0.926. The topological polar surface area (TPSA) is 55.6 Å². The van der Waals surface area contributed by atoms with Crippen LogP contribution < -0.4 is 10.5 Å². The van der Waals surface area contributed by atoms with Gasteiger partial charge < -0.3 is 15.4 Å². The molecule has 0 bridgehead atoms. The van der Waals surface area contributed by atoms with Crippen molar-refractivity contribution in [2.24, 2.45) is 11.7 Å². The summed E-state index contributed by atoms with van der Waals surface area (Å²) in [5.74, 6) is 0.136. The highest BCUT2D eigenvalue weighted by Crippen LogP contribution is 2.26. The summed E-state index contributed by atoms with van der Waals surface area (Å²) in [6.45, 7) is 3.62. The van der Waals surface area contributed by atoms with E-state index < -0.39 is 11.9 Å². The maximum Gasteiger partial charge on any atom is 0.263 e. The van der Waals surface area contributed by atoms with Gasteiger partial charge in [0.05, 0.1) is 5.02 Å². The second kappa shape index (κ2) is 6.41. The molecule has 2 rings (SSSR count). The summed E-state index contributed by atoms with van der Waals surface area (Å²) in [5.41, 5.74) is 5.61. The number of amides is 1. The average Bonchev–Trinajstić information content (AvgIpc) is 2.89. The van der Waals surface area contributed by atoms with Crippen molar-refractivity contribution in [3.63, 3.8) is 0 Å². The van der Waals surface area contributed by atoms with E-state index in [0.29, 0.717) is 31.3 Å². The first kappa shape index (κ1) is 15.1. The number of carbonyl (C=O) groups excluding carboxylic acids is 1. The lowest BCUT2D eigenvalue weighted by molar-refractivity contribution is -0.136. The number of halogens is 2. The van der Waals surface area contributed by atoms with Gasteiger partial charge in [0.2, 0.25) is 0 Å². The van der Waals surface area contributed by atoms with Gasteiger partial charge in [0.1, 0.15) is 11.6 Å². The molecule has 0 spiro atoms. The number of nitrogens with zero attached hydrogens (tertiary/aromatic N) is 1. The molecule has 1 fully saturated rings. The first-order valence-electron chi connectivity index (χ1n) is 6.62. The van der Waals surface area contributed by atoms with Crippen molar-refractivity contribution < 1.29 is 13.9 Å². The number of nitrogens with two attached hydrogens (primary N) is 1. The van der Waals surface area contributed by atoms with Gasteiger partial charge in [0.25, 0.3) is 5.91 Å². The Bertz CT molecular complexity index is 498. The third kappa shape index (κ3) is 3.41. The summed E-state index contributed by atoms with van der Waals surface area (Å²) in [5, 5.41) is 0.158. The first-order chi connectivity index (χ1) is 9.51. The lowest BCUT2D eigenvalue weighted by Gasteiger charge is -2.22. The standard InChI is InChI=1S/C14H18ClFN2O2/c1-9(14(19)18-5-4-10(7-17)8-18)20-13-3-2-11(16)6-12(13)15/h2-3,6,9-10H,4-5,7-8,17H2,1H3. The number of hydrogen-bond donors (Lipinski definition) is 1. The zero-order chi connectivity index (χ0) is 14.7. The minimum atomic E-state index is -0.658. The molecule has 1 aromatic carbocycles. The normalized spacial score (nSPS) is 20.0. The van der Waals surface area contributed by atoms with Gasteiger partial charge in [-0.25, -0.2) is 4.39 Å². The predicted octanol–water partition coefficient (Wildman–Crippen LogP) is 2.05. The van der Waals surface area contributed by atoms with Crippen LogP contribution in [0.1, 0.15) is 13.3 Å². The highest BCUT2D eigenvalue weighted by molar-refractivity contribution is 6.32. The van der Waals surface area contributed by atoms with Crippen molar-refractivity contribution in [2.45, 2.75) is 19.4 Å². The number of carbonyl (C=O) groups is 1. The molecule has 110 valence electrons. The molecule has 1 aliphatic heterocycles. The second-order valence-corrected chi connectivity index (χ2v) is 5.42. The van der Waals surface area contributed by atoms with Crippen LogP contribution in [0.3, 0.4) is 0 Å². The van der Waals surface area contributed by atoms with Crippen molar-refractivity contribution in [1.29, 1.82) is 0 Å². The molecule has 20 heavy (non-hydrogen) atoms. The van der Waals surface area contributed by atoms with Crippen molar-refractivity contribution >= 4 is 17.5 Å². The van der Waals surface area contributed by atoms with Crippen molar-refractivity contribution in [3.8, 4) is 5.75 Å². The van der Waals surface area contributed by atoms with Crippen LogP contribution in [0.25, 0.3) is 0 Å². The summed E-state index contributed by atoms with van der Waals surface area (Å²) in [7, 11) is 0. The predicted molar refractivity (Wildman–Crippen MR) is 75.2 cm³/mol. The average molecular weight is 301 g/mol. The molecule has 2 atom stereocenters. The van der Waals surface area contributed by atoms with Gasteiger partial charge >= 0.3 is 0 Å². The Balaban J connectivity index is 1.97. The Labute approximate surface area is 122 Å². The number of rotatable bonds is 4. The molecule has 2 N–H and O–H groups in total. The molecule has 4 nitrogen and oxygen atoms in total. The van der Waals surface area contributed by atoms with Crippen LogP contribution in [0.5, 0.6) is 5.75 Å². The molecule has 1 aromatic rings. The van der Waals surface area contributed by atoms with Gasteiger partial charge in [-0.1, -0.05) is 11.6 Å². The van der Waals surface area contributed by atoms with Crippen molar-refractivity contribution in [1.82, 2.24) is 4.90 Å². The molecule has 2 unspecified atom stereocenters. The van der Waals surface area contributed by atoms with Gasteiger partial charge in [0, 0.05) is 13.1 Å². The lowest BCUT2D eigenvalue weighted by atomic mass is 10.1. The lowest BCUT2D eigenvalue weighted by Crippen LogP contribution is -2.39. The Morgan fingerprint density at radius 1 is 1.65 bits per heavy atom. The van der Waals surface area contributed by atoms with Crippen molar-refractivity contribution in [3.05, 3.63) is 29.0 Å². The molecule has 0 saturated carbocycles. The maximum absolute atomic E-state index is 12.9. The summed E-state index contributed by atoms with van der Waals surface area (Å²) in [6, 6.07) is 3.83. The second-order valence-electron chi connectivity index (χ2n) is 5.01. The Kier molecular flexibility index (Phi) is 4.83. The van der Waals surface area contributed by atoms with Gasteiger partial charge in [0.15, 0.2) is 6.10 Å². The van der Waals surface area contributed by atoms with E-state index >= 15 is 0 Å². The fourth-order valence-corrected chi connectivity index (χ4v) is 2.51. The number of benzene rings is 1. The van der Waals surface area contributed by atoms with E-state index in [9.17, 15) is 9.18 Å². The minimum absolute atomic E-state index is 0.0960. The summed E-state index contributed by atoms with van der Waals surface area (Å²) < 4.78 is 18.5. The van der Waals surface area contributed by atoms with E-state index in [-0.39, 0.29) is 10.9 Å². The van der Waals surface area contributed by atoms with Crippen LogP contribution >= 0.6 is 11.6 Å². The van der Waals surface area contributed by atoms with Gasteiger partial charge in [-0.2, -0.15) is 0 Å². The summed E-state index contributed by atoms with van der Waals surface area (Å²) in [4.78, 5) is 14.0. The molecule has 6 heteroatoms. The third-order valence-electron chi connectivity index (χ3n) is 3.48. The fraction of sp³-hybridized carbons (Fsp3) is 0.500. The van der Waals surface area contributed by atoms with Gasteiger partial charge in [-0.15, -0.1) is 0 Å². The molecular weight excluding hydrogens is 283 g/mol. The zero-order valence-corrected chi connectivity index (χ0v) is 12.1. The Morgan fingerprint density at radius 3 is 3.00 bits per heavy atom. The molecule has 1 amide bonds. The van der Waals surface area contributed by atoms with E-state index in [4.69, 9.17) is 22.1 Å². The summed E-state index contributed by atoms with van der Waals surface area (Å²) in [6.07, 6.45) is 0.265. The zero-order valence-electron chi connectivity index (χ0n) is 11.3. The largest absolute Gasteiger partial charge is 0.479 e. The van der Waals surface area contributed by atoms with Crippen LogP contribution in [-0.4, -0.2) is 36.5 Å². The maximum atomic E-state index is 12.9. The van der Waals surface area contributed by atoms with Gasteiger partial charge in [-0.05, 0) is 44.0 Å².